The molecule has 1 atom stereocenters. The normalized spacial score (nSPS) is 14.8. The molecule has 0 amide bonds. The van der Waals surface area contributed by atoms with Crippen molar-refractivity contribution in [2.75, 3.05) is 0 Å². The van der Waals surface area contributed by atoms with Crippen molar-refractivity contribution in [3.8, 4) is 0 Å². The molecule has 0 aliphatic rings. The van der Waals surface area contributed by atoms with Gasteiger partial charge >= 0.3 is 6.18 Å². The maximum atomic E-state index is 12.0. The smallest absolute Gasteiger partial charge is 0.316 e. The highest BCUT2D eigenvalue weighted by molar-refractivity contribution is 7.14. The van der Waals surface area contributed by atoms with Crippen LogP contribution >= 0.6 is 22.9 Å². The zero-order chi connectivity index (χ0) is 9.35. The molecule has 0 aliphatic carbocycles. The molecule has 1 heterocycles. The molecule has 1 aromatic heterocycles. The van der Waals surface area contributed by atoms with Gasteiger partial charge in [0.05, 0.1) is 4.34 Å². The van der Waals surface area contributed by atoms with E-state index in [0.717, 1.165) is 11.3 Å². The maximum Gasteiger partial charge on any atom is 0.407 e. The largest absolute Gasteiger partial charge is 0.407 e. The predicted molar refractivity (Wildman–Crippen MR) is 42.3 cm³/mol. The van der Waals surface area contributed by atoms with Crippen LogP contribution < -0.4 is 5.73 Å². The second-order valence-corrected chi connectivity index (χ2v) is 3.69. The first kappa shape index (κ1) is 9.83. The average Bonchev–Trinajstić information content (AvgIpc) is 2.31. The number of halogens is 4. The molecule has 0 aromatic carbocycles. The van der Waals surface area contributed by atoms with Gasteiger partial charge in [-0.3, -0.25) is 0 Å². The van der Waals surface area contributed by atoms with Crippen molar-refractivity contribution in [1.82, 2.24) is 0 Å². The molecule has 0 bridgehead atoms. The molecule has 0 aliphatic heterocycles. The fourth-order valence-corrected chi connectivity index (χ4v) is 1.70. The molecule has 0 saturated heterocycles. The third-order valence-corrected chi connectivity index (χ3v) is 2.53. The van der Waals surface area contributed by atoms with E-state index >= 15 is 0 Å². The van der Waals surface area contributed by atoms with Crippen LogP contribution in [0.5, 0.6) is 0 Å². The van der Waals surface area contributed by atoms with Gasteiger partial charge in [0, 0.05) is 5.56 Å². The number of hydrogen-bond donors (Lipinski definition) is 1. The molecule has 1 rings (SSSR count). The van der Waals surface area contributed by atoms with Crippen LogP contribution in [-0.4, -0.2) is 6.18 Å². The summed E-state index contributed by atoms with van der Waals surface area (Å²) in [5, 5.41) is 1.48. The zero-order valence-electron chi connectivity index (χ0n) is 5.73. The van der Waals surface area contributed by atoms with E-state index < -0.39 is 12.2 Å². The Hall–Kier alpha value is -0.260. The van der Waals surface area contributed by atoms with Crippen molar-refractivity contribution in [3.05, 3.63) is 21.3 Å². The molecule has 12 heavy (non-hydrogen) atoms. The molecule has 68 valence electrons. The lowest BCUT2D eigenvalue weighted by Gasteiger charge is -2.14. The number of thiophene rings is 1. The van der Waals surface area contributed by atoms with Crippen LogP contribution in [-0.2, 0) is 0 Å². The van der Waals surface area contributed by atoms with E-state index in [2.05, 4.69) is 0 Å². The number of alkyl halides is 3. The van der Waals surface area contributed by atoms with Gasteiger partial charge < -0.3 is 5.73 Å². The summed E-state index contributed by atoms with van der Waals surface area (Å²) in [4.78, 5) is 0. The third-order valence-electron chi connectivity index (χ3n) is 1.33. The lowest BCUT2D eigenvalue weighted by Crippen LogP contribution is -2.28. The highest BCUT2D eigenvalue weighted by atomic mass is 35.5. The van der Waals surface area contributed by atoms with Crippen molar-refractivity contribution < 1.29 is 13.2 Å². The molecule has 0 saturated carbocycles. The van der Waals surface area contributed by atoms with E-state index in [1.54, 1.807) is 0 Å². The van der Waals surface area contributed by atoms with Crippen molar-refractivity contribution in [2.45, 2.75) is 12.2 Å². The van der Waals surface area contributed by atoms with Crippen LogP contribution in [0, 0.1) is 0 Å². The first-order valence-electron chi connectivity index (χ1n) is 2.98. The second kappa shape index (κ2) is 3.24. The minimum atomic E-state index is -4.43. The Morgan fingerprint density at radius 2 is 2.08 bits per heavy atom. The van der Waals surface area contributed by atoms with E-state index in [4.69, 9.17) is 17.3 Å². The highest BCUT2D eigenvalue weighted by Crippen LogP contribution is 2.36. The summed E-state index contributed by atoms with van der Waals surface area (Å²) in [6, 6.07) is -0.693. The molecule has 1 nitrogen and oxygen atoms in total. The van der Waals surface area contributed by atoms with Gasteiger partial charge in [-0.2, -0.15) is 13.2 Å². The number of hydrogen-bond acceptors (Lipinski definition) is 2. The molecular formula is C6H5ClF3NS. The Kier molecular flexibility index (Phi) is 2.65. The minimum Gasteiger partial charge on any atom is -0.316 e. The Bertz CT molecular complexity index is 270. The molecule has 0 radical (unpaired) electrons. The van der Waals surface area contributed by atoms with Crippen molar-refractivity contribution in [1.29, 1.82) is 0 Å². The molecule has 2 N–H and O–H groups in total. The molecule has 0 spiro atoms. The van der Waals surface area contributed by atoms with Crippen molar-refractivity contribution in [3.63, 3.8) is 0 Å². The van der Waals surface area contributed by atoms with Gasteiger partial charge in [0.15, 0.2) is 0 Å². The summed E-state index contributed by atoms with van der Waals surface area (Å²) in [6.07, 6.45) is -4.43. The molecular weight excluding hydrogens is 211 g/mol. The van der Waals surface area contributed by atoms with Crippen LogP contribution in [0.1, 0.15) is 11.6 Å². The summed E-state index contributed by atoms with van der Waals surface area (Å²) in [7, 11) is 0. The summed E-state index contributed by atoms with van der Waals surface area (Å²) in [6.45, 7) is 0. The lowest BCUT2D eigenvalue weighted by molar-refractivity contribution is -0.149. The van der Waals surface area contributed by atoms with Gasteiger partial charge in [-0.25, -0.2) is 0 Å². The monoisotopic (exact) mass is 215 g/mol. The first-order valence-corrected chi connectivity index (χ1v) is 4.24. The second-order valence-electron chi connectivity index (χ2n) is 2.17. The van der Waals surface area contributed by atoms with E-state index in [1.165, 1.54) is 11.4 Å². The van der Waals surface area contributed by atoms with Crippen LogP contribution in [0.15, 0.2) is 11.4 Å². The first-order chi connectivity index (χ1) is 5.43. The predicted octanol–water partition coefficient (Wildman–Crippen LogP) is 2.96. The van der Waals surface area contributed by atoms with Gasteiger partial charge in [0.2, 0.25) is 0 Å². The van der Waals surface area contributed by atoms with Gasteiger partial charge in [0.1, 0.15) is 6.04 Å². The summed E-state index contributed by atoms with van der Waals surface area (Å²) in [5.41, 5.74) is 4.85. The third kappa shape index (κ3) is 1.91. The number of rotatable bonds is 1. The SMILES string of the molecule is NC(c1ccsc1Cl)C(F)(F)F. The van der Waals surface area contributed by atoms with Gasteiger partial charge in [-0.15, -0.1) is 11.3 Å². The van der Waals surface area contributed by atoms with Crippen LogP contribution in [0.4, 0.5) is 13.2 Å². The van der Waals surface area contributed by atoms with Crippen LogP contribution in [0.25, 0.3) is 0 Å². The lowest BCUT2D eigenvalue weighted by atomic mass is 10.1. The Labute approximate surface area is 75.9 Å². The van der Waals surface area contributed by atoms with Gasteiger partial charge in [-0.1, -0.05) is 11.6 Å². The van der Waals surface area contributed by atoms with Gasteiger partial charge in [-0.05, 0) is 11.4 Å². The number of nitrogens with two attached hydrogens (primary N) is 1. The van der Waals surface area contributed by atoms with E-state index in [1.807, 2.05) is 0 Å². The Morgan fingerprint density at radius 3 is 2.42 bits per heavy atom. The standard InChI is InChI=1S/C6H5ClF3NS/c7-5-3(1-2-12-5)4(11)6(8,9)10/h1-2,4H,11H2. The van der Waals surface area contributed by atoms with E-state index in [0.29, 0.717) is 0 Å². The van der Waals surface area contributed by atoms with Gasteiger partial charge in [0.25, 0.3) is 0 Å². The Balaban J connectivity index is 2.92. The van der Waals surface area contributed by atoms with E-state index in [9.17, 15) is 13.2 Å². The fraction of sp³-hybridized carbons (Fsp3) is 0.333. The van der Waals surface area contributed by atoms with Crippen molar-refractivity contribution in [2.24, 2.45) is 5.73 Å². The van der Waals surface area contributed by atoms with Crippen LogP contribution in [0.2, 0.25) is 4.34 Å². The molecule has 1 aromatic rings. The Morgan fingerprint density at radius 1 is 1.50 bits per heavy atom. The fourth-order valence-electron chi connectivity index (χ4n) is 0.703. The maximum absolute atomic E-state index is 12.0. The summed E-state index contributed by atoms with van der Waals surface area (Å²) >= 11 is 6.51. The van der Waals surface area contributed by atoms with Crippen molar-refractivity contribution >= 4 is 22.9 Å². The summed E-state index contributed by atoms with van der Waals surface area (Å²) < 4.78 is 36.1. The molecule has 6 heteroatoms. The molecule has 1 unspecified atom stereocenters. The topological polar surface area (TPSA) is 26.0 Å². The highest BCUT2D eigenvalue weighted by Gasteiger charge is 2.39. The summed E-state index contributed by atoms with van der Waals surface area (Å²) in [5.74, 6) is 0. The van der Waals surface area contributed by atoms with E-state index in [-0.39, 0.29) is 9.90 Å². The molecule has 0 fully saturated rings. The quantitative estimate of drug-likeness (QED) is 0.766. The average molecular weight is 216 g/mol. The zero-order valence-corrected chi connectivity index (χ0v) is 7.30. The minimum absolute atomic E-state index is 0.0610. The van der Waals surface area contributed by atoms with Crippen LogP contribution in [0.3, 0.4) is 0 Å².